The zero-order valence-electron chi connectivity index (χ0n) is 23.7. The average molecular weight is 550 g/mol. The highest BCUT2D eigenvalue weighted by molar-refractivity contribution is 6.43. The number of nitrogens with zero attached hydrogens (tertiary/aromatic N) is 3. The van der Waals surface area contributed by atoms with E-state index in [2.05, 4.69) is 30.1 Å². The number of likely N-dealkylation sites (tertiary alicyclic amines) is 2. The minimum Gasteiger partial charge on any atom is -0.464 e. The number of amides is 2. The van der Waals surface area contributed by atoms with Crippen LogP contribution in [0.25, 0.3) is 11.0 Å². The quantitative estimate of drug-likeness (QED) is 0.259. The molecule has 1 aromatic heterocycles. The Kier molecular flexibility index (Phi) is 8.93. The van der Waals surface area contributed by atoms with E-state index in [9.17, 15) is 24.9 Å². The molecule has 0 saturated carbocycles. The highest BCUT2D eigenvalue weighted by atomic mass is 16.6. The lowest BCUT2D eigenvalue weighted by Crippen LogP contribution is -2.50. The molecule has 0 aliphatic carbocycles. The topological polar surface area (TPSA) is 139 Å². The summed E-state index contributed by atoms with van der Waals surface area (Å²) in [4.78, 5) is 29.9. The molecule has 0 bridgehead atoms. The first-order chi connectivity index (χ1) is 18.9. The summed E-state index contributed by atoms with van der Waals surface area (Å²) in [6.45, 7) is 10.9. The second-order valence-corrected chi connectivity index (χ2v) is 12.2. The van der Waals surface area contributed by atoms with Crippen LogP contribution >= 0.6 is 0 Å². The van der Waals surface area contributed by atoms with Gasteiger partial charge in [-0.3, -0.25) is 9.69 Å². The fourth-order valence-electron chi connectivity index (χ4n) is 5.58. The number of hydrogen-bond acceptors (Lipinski definition) is 8. The van der Waals surface area contributed by atoms with E-state index in [4.69, 9.17) is 9.15 Å². The SMILES string of the molecule is CC1(C)CCN(C(C)(C)/C=C(\C#N)C(=O)N2CCC[C@H](OC(=O)N[C@@H](Cc3coc4ccccc34)B(O)O)C2)C1. The summed E-state index contributed by atoms with van der Waals surface area (Å²) < 4.78 is 11.1. The minimum atomic E-state index is -1.82. The van der Waals surface area contributed by atoms with Crippen molar-refractivity contribution in [3.63, 3.8) is 0 Å². The molecule has 2 atom stereocenters. The lowest BCUT2D eigenvalue weighted by Gasteiger charge is -2.35. The van der Waals surface area contributed by atoms with Crippen LogP contribution in [-0.4, -0.2) is 82.7 Å². The summed E-state index contributed by atoms with van der Waals surface area (Å²) in [5.74, 6) is -1.40. The van der Waals surface area contributed by atoms with Gasteiger partial charge in [-0.2, -0.15) is 5.26 Å². The zero-order valence-corrected chi connectivity index (χ0v) is 23.7. The maximum Gasteiger partial charge on any atom is 0.475 e. The van der Waals surface area contributed by atoms with E-state index in [0.717, 1.165) is 30.5 Å². The van der Waals surface area contributed by atoms with Crippen LogP contribution in [-0.2, 0) is 16.0 Å². The Hall–Kier alpha value is -3.33. The number of carbonyl (C=O) groups excluding carboxylic acids is 2. The van der Waals surface area contributed by atoms with Gasteiger partial charge in [0.2, 0.25) is 0 Å². The van der Waals surface area contributed by atoms with Crippen molar-refractivity contribution in [1.82, 2.24) is 15.1 Å². The van der Waals surface area contributed by atoms with Crippen LogP contribution in [0.3, 0.4) is 0 Å². The monoisotopic (exact) mass is 550 g/mol. The standard InChI is InChI=1S/C29H39BN4O6/c1-28(2)11-13-34(19-28)29(3,4)15-21(16-31)26(35)33-12-7-8-22(17-33)40-27(36)32-25(30(37)38)14-20-18-39-24-10-6-5-9-23(20)24/h5-6,9-10,15,18,22,25,37-38H,7-8,11-14,17,19H2,1-4H3,(H,32,36)/b21-15+/t22-,25-/m0/s1. The van der Waals surface area contributed by atoms with E-state index in [1.165, 1.54) is 6.26 Å². The number of rotatable bonds is 8. The zero-order chi connectivity index (χ0) is 29.1. The molecule has 3 heterocycles. The van der Waals surface area contributed by atoms with E-state index < -0.39 is 30.8 Å². The molecule has 0 unspecified atom stereocenters. The van der Waals surface area contributed by atoms with Gasteiger partial charge < -0.3 is 29.4 Å². The molecule has 0 spiro atoms. The van der Waals surface area contributed by atoms with Crippen LogP contribution < -0.4 is 5.32 Å². The van der Waals surface area contributed by atoms with Gasteiger partial charge in [0.1, 0.15) is 23.3 Å². The molecule has 2 amide bonds. The van der Waals surface area contributed by atoms with Crippen LogP contribution in [0.4, 0.5) is 4.79 Å². The average Bonchev–Trinajstić information content (AvgIpc) is 3.49. The van der Waals surface area contributed by atoms with Gasteiger partial charge in [0, 0.05) is 24.0 Å². The number of carbonyl (C=O) groups is 2. The fourth-order valence-corrected chi connectivity index (χ4v) is 5.58. The van der Waals surface area contributed by atoms with Crippen molar-refractivity contribution in [2.24, 2.45) is 5.41 Å². The van der Waals surface area contributed by atoms with Crippen molar-refractivity contribution >= 4 is 30.1 Å². The summed E-state index contributed by atoms with van der Waals surface area (Å²) in [7, 11) is -1.82. The van der Waals surface area contributed by atoms with E-state index in [-0.39, 0.29) is 29.9 Å². The number of fused-ring (bicyclic) bond motifs is 1. The van der Waals surface area contributed by atoms with E-state index in [1.54, 1.807) is 11.0 Å². The van der Waals surface area contributed by atoms with Crippen LogP contribution in [0.5, 0.6) is 0 Å². The number of hydrogen-bond donors (Lipinski definition) is 3. The number of nitriles is 1. The first kappa shape index (κ1) is 29.7. The number of alkyl carbamates (subject to hydrolysis) is 1. The molecule has 2 fully saturated rings. The Morgan fingerprint density at radius 2 is 2.08 bits per heavy atom. The molecule has 3 N–H and O–H groups in total. The molecular weight excluding hydrogens is 511 g/mol. The van der Waals surface area contributed by atoms with Crippen molar-refractivity contribution in [3.8, 4) is 6.07 Å². The molecule has 10 nitrogen and oxygen atoms in total. The van der Waals surface area contributed by atoms with Crippen LogP contribution in [0.1, 0.15) is 52.5 Å². The van der Waals surface area contributed by atoms with Crippen molar-refractivity contribution in [2.75, 3.05) is 26.2 Å². The third-order valence-electron chi connectivity index (χ3n) is 7.94. The number of nitrogens with one attached hydrogen (secondary N) is 1. The van der Waals surface area contributed by atoms with Crippen molar-refractivity contribution in [2.45, 2.75) is 71.0 Å². The number of para-hydroxylation sites is 1. The Bertz CT molecular complexity index is 1300. The van der Waals surface area contributed by atoms with Gasteiger partial charge in [0.25, 0.3) is 5.91 Å². The van der Waals surface area contributed by atoms with Crippen molar-refractivity contribution in [1.29, 1.82) is 5.26 Å². The molecule has 2 saturated heterocycles. The Morgan fingerprint density at radius 1 is 1.32 bits per heavy atom. The third-order valence-corrected chi connectivity index (χ3v) is 7.94. The Balaban J connectivity index is 1.36. The van der Waals surface area contributed by atoms with Crippen LogP contribution in [0.2, 0.25) is 0 Å². The van der Waals surface area contributed by atoms with E-state index >= 15 is 0 Å². The number of ether oxygens (including phenoxy) is 1. The smallest absolute Gasteiger partial charge is 0.464 e. The van der Waals surface area contributed by atoms with Crippen molar-refractivity contribution in [3.05, 3.63) is 47.7 Å². The molecule has 2 aromatic rings. The van der Waals surface area contributed by atoms with Gasteiger partial charge in [-0.05, 0) is 69.2 Å². The second-order valence-electron chi connectivity index (χ2n) is 12.2. The van der Waals surface area contributed by atoms with Crippen LogP contribution in [0.15, 0.2) is 46.6 Å². The van der Waals surface area contributed by atoms with E-state index in [1.807, 2.05) is 38.1 Å². The molecule has 2 aliphatic heterocycles. The molecule has 214 valence electrons. The van der Waals surface area contributed by atoms with Gasteiger partial charge in [-0.15, -0.1) is 0 Å². The highest BCUT2D eigenvalue weighted by Crippen LogP contribution is 2.34. The first-order valence-corrected chi connectivity index (χ1v) is 13.8. The van der Waals surface area contributed by atoms with Crippen LogP contribution in [0, 0.1) is 16.7 Å². The Labute approximate surface area is 235 Å². The molecule has 4 rings (SSSR count). The summed E-state index contributed by atoms with van der Waals surface area (Å²) >= 11 is 0. The maximum atomic E-state index is 13.3. The lowest BCUT2D eigenvalue weighted by atomic mass is 9.76. The van der Waals surface area contributed by atoms with Crippen molar-refractivity contribution < 1.29 is 28.8 Å². The third kappa shape index (κ3) is 7.05. The summed E-state index contributed by atoms with van der Waals surface area (Å²) in [5, 5.41) is 33.0. The highest BCUT2D eigenvalue weighted by Gasteiger charge is 2.38. The van der Waals surface area contributed by atoms with Gasteiger partial charge in [0.15, 0.2) is 0 Å². The summed E-state index contributed by atoms with van der Waals surface area (Å²) in [5.41, 5.74) is 1.20. The predicted molar refractivity (Wildman–Crippen MR) is 151 cm³/mol. The van der Waals surface area contributed by atoms with Gasteiger partial charge >= 0.3 is 13.2 Å². The fraction of sp³-hybridized carbons (Fsp3) is 0.552. The maximum absolute atomic E-state index is 13.3. The first-order valence-electron chi connectivity index (χ1n) is 13.8. The molecule has 11 heteroatoms. The number of furan rings is 1. The molecule has 0 radical (unpaired) electrons. The number of piperidine rings is 1. The molecule has 40 heavy (non-hydrogen) atoms. The number of benzene rings is 1. The Morgan fingerprint density at radius 3 is 2.75 bits per heavy atom. The molecular formula is C29H39BN4O6. The summed E-state index contributed by atoms with van der Waals surface area (Å²) in [6.07, 6.45) is 4.23. The van der Waals surface area contributed by atoms with Gasteiger partial charge in [0.05, 0.1) is 18.7 Å². The summed E-state index contributed by atoms with van der Waals surface area (Å²) in [6, 6.07) is 9.44. The predicted octanol–water partition coefficient (Wildman–Crippen LogP) is 3.03. The molecule has 1 aromatic carbocycles. The van der Waals surface area contributed by atoms with Gasteiger partial charge in [-0.1, -0.05) is 32.0 Å². The lowest BCUT2D eigenvalue weighted by molar-refractivity contribution is -0.129. The minimum absolute atomic E-state index is 0.0793. The second kappa shape index (κ2) is 12.0. The largest absolute Gasteiger partial charge is 0.475 e. The molecule has 2 aliphatic rings. The normalized spacial score (nSPS) is 20.7. The van der Waals surface area contributed by atoms with Gasteiger partial charge in [-0.25, -0.2) is 4.79 Å². The van der Waals surface area contributed by atoms with E-state index in [0.29, 0.717) is 25.0 Å².